The molecule has 0 aliphatic heterocycles. The quantitative estimate of drug-likeness (QED) is 0.178. The first-order chi connectivity index (χ1) is 15.4. The second-order valence-corrected chi connectivity index (χ2v) is 13.6. The first-order valence-corrected chi connectivity index (χ1v) is 15.0. The van der Waals surface area contributed by atoms with E-state index < -0.39 is 0 Å². The van der Waals surface area contributed by atoms with Gasteiger partial charge in [0.05, 0.1) is 0 Å². The van der Waals surface area contributed by atoms with E-state index in [4.69, 9.17) is 0 Å². The van der Waals surface area contributed by atoms with Gasteiger partial charge in [-0.1, -0.05) is 114 Å². The number of hydrogen-bond acceptors (Lipinski definition) is 0. The monoisotopic (exact) mass is 461 g/mol. The molecule has 0 heterocycles. The molecule has 1 aliphatic rings. The summed E-state index contributed by atoms with van der Waals surface area (Å²) in [6, 6.07) is 0. The van der Waals surface area contributed by atoms with Gasteiger partial charge in [0, 0.05) is 0 Å². The maximum atomic E-state index is 4.43. The van der Waals surface area contributed by atoms with Crippen LogP contribution in [0.3, 0.4) is 0 Å². The zero-order valence-electron chi connectivity index (χ0n) is 25.0. The molecular formula is C33H64. The van der Waals surface area contributed by atoms with E-state index in [1.165, 1.54) is 64.2 Å². The standard InChI is InChI=1S/C33H64/c1-13-18-27(15-3)31(32(10,11)16-4)30(28(19-14-2)22-24(6)7)29-21-20-26(9)33(12,17-5)23-25(29)8/h15,24-31H,3,13-14,16-23H2,1-2,4-12H3. The van der Waals surface area contributed by atoms with Crippen molar-refractivity contribution in [2.75, 3.05) is 0 Å². The van der Waals surface area contributed by atoms with Crippen molar-refractivity contribution in [3.63, 3.8) is 0 Å². The molecule has 0 radical (unpaired) electrons. The zero-order valence-corrected chi connectivity index (χ0v) is 25.0. The van der Waals surface area contributed by atoms with Crippen LogP contribution in [0.15, 0.2) is 12.7 Å². The Labute approximate surface area is 211 Å². The largest absolute Gasteiger partial charge is 0.103 e. The van der Waals surface area contributed by atoms with E-state index in [0.29, 0.717) is 16.7 Å². The van der Waals surface area contributed by atoms with E-state index in [1.54, 1.807) is 0 Å². The van der Waals surface area contributed by atoms with Crippen molar-refractivity contribution in [3.8, 4) is 0 Å². The van der Waals surface area contributed by atoms with Crippen molar-refractivity contribution in [2.45, 2.75) is 140 Å². The molecule has 0 amide bonds. The molecule has 33 heavy (non-hydrogen) atoms. The molecule has 8 unspecified atom stereocenters. The van der Waals surface area contributed by atoms with Crippen LogP contribution in [-0.4, -0.2) is 0 Å². The summed E-state index contributed by atoms with van der Waals surface area (Å²) in [6.07, 6.45) is 15.9. The molecule has 0 aromatic rings. The minimum atomic E-state index is 0.355. The fourth-order valence-electron chi connectivity index (χ4n) is 7.98. The van der Waals surface area contributed by atoms with Gasteiger partial charge in [0.1, 0.15) is 0 Å². The van der Waals surface area contributed by atoms with Gasteiger partial charge < -0.3 is 0 Å². The van der Waals surface area contributed by atoms with E-state index in [2.05, 4.69) is 88.8 Å². The third-order valence-electron chi connectivity index (χ3n) is 10.5. The lowest BCUT2D eigenvalue weighted by Gasteiger charge is -2.51. The highest BCUT2D eigenvalue weighted by atomic mass is 14.5. The van der Waals surface area contributed by atoms with E-state index >= 15 is 0 Å². The second kappa shape index (κ2) is 13.7. The van der Waals surface area contributed by atoms with E-state index in [1.807, 2.05) is 0 Å². The lowest BCUT2D eigenvalue weighted by molar-refractivity contribution is -0.0146. The van der Waals surface area contributed by atoms with Crippen LogP contribution in [0.4, 0.5) is 0 Å². The SMILES string of the molecule is C=CC(CCC)C(C(C(CCC)CC(C)C)C1CCC(C)C(C)(CC)CC1C)C(C)(C)CC. The summed E-state index contributed by atoms with van der Waals surface area (Å²) >= 11 is 0. The molecule has 1 fully saturated rings. The highest BCUT2D eigenvalue weighted by molar-refractivity contribution is 5.00. The molecule has 0 saturated heterocycles. The fraction of sp³-hybridized carbons (Fsp3) is 0.939. The zero-order chi connectivity index (χ0) is 25.4. The molecule has 0 heteroatoms. The first kappa shape index (κ1) is 30.8. The number of allylic oxidation sites excluding steroid dienone is 1. The molecule has 0 spiro atoms. The first-order valence-electron chi connectivity index (χ1n) is 15.0. The minimum absolute atomic E-state index is 0.355. The van der Waals surface area contributed by atoms with Gasteiger partial charge in [0.25, 0.3) is 0 Å². The van der Waals surface area contributed by atoms with Gasteiger partial charge in [-0.3, -0.25) is 0 Å². The fourth-order valence-corrected chi connectivity index (χ4v) is 7.98. The summed E-state index contributed by atoms with van der Waals surface area (Å²) in [5, 5.41) is 0. The normalized spacial score (nSPS) is 30.5. The summed E-state index contributed by atoms with van der Waals surface area (Å²) in [4.78, 5) is 0. The molecule has 1 aliphatic carbocycles. The van der Waals surface area contributed by atoms with Crippen LogP contribution in [0.5, 0.6) is 0 Å². The van der Waals surface area contributed by atoms with Gasteiger partial charge in [-0.15, -0.1) is 6.58 Å². The van der Waals surface area contributed by atoms with Crippen LogP contribution in [-0.2, 0) is 0 Å². The van der Waals surface area contributed by atoms with Crippen molar-refractivity contribution < 1.29 is 0 Å². The van der Waals surface area contributed by atoms with Crippen LogP contribution in [0.25, 0.3) is 0 Å². The van der Waals surface area contributed by atoms with Crippen molar-refractivity contribution >= 4 is 0 Å². The molecule has 1 rings (SSSR count). The highest BCUT2D eigenvalue weighted by Gasteiger charge is 2.48. The Bertz CT molecular complexity index is 542. The molecule has 0 aromatic heterocycles. The van der Waals surface area contributed by atoms with Crippen molar-refractivity contribution in [3.05, 3.63) is 12.7 Å². The number of rotatable bonds is 14. The van der Waals surface area contributed by atoms with Gasteiger partial charge in [0.2, 0.25) is 0 Å². The summed E-state index contributed by atoms with van der Waals surface area (Å²) in [7, 11) is 0. The third-order valence-corrected chi connectivity index (χ3v) is 10.5. The van der Waals surface area contributed by atoms with Crippen LogP contribution >= 0.6 is 0 Å². The minimum Gasteiger partial charge on any atom is -0.103 e. The number of hydrogen-bond donors (Lipinski definition) is 0. The lowest BCUT2D eigenvalue weighted by atomic mass is 9.54. The van der Waals surface area contributed by atoms with Crippen molar-refractivity contribution in [1.29, 1.82) is 0 Å². The van der Waals surface area contributed by atoms with Gasteiger partial charge >= 0.3 is 0 Å². The predicted octanol–water partition coefficient (Wildman–Crippen LogP) is 11.2. The summed E-state index contributed by atoms with van der Waals surface area (Å²) < 4.78 is 0. The molecule has 1 saturated carbocycles. The smallest absolute Gasteiger partial charge is 0.0200 e. The topological polar surface area (TPSA) is 0 Å². The molecular weight excluding hydrogens is 396 g/mol. The van der Waals surface area contributed by atoms with Gasteiger partial charge in [-0.2, -0.15) is 0 Å². The average Bonchev–Trinajstić information content (AvgIpc) is 2.86. The van der Waals surface area contributed by atoms with Crippen LogP contribution in [0, 0.1) is 58.2 Å². The molecule has 8 atom stereocenters. The average molecular weight is 461 g/mol. The van der Waals surface area contributed by atoms with Crippen molar-refractivity contribution in [2.24, 2.45) is 58.2 Å². The molecule has 0 aromatic carbocycles. The molecule has 0 N–H and O–H groups in total. The van der Waals surface area contributed by atoms with Gasteiger partial charge in [0.15, 0.2) is 0 Å². The van der Waals surface area contributed by atoms with Crippen molar-refractivity contribution in [1.82, 2.24) is 0 Å². The van der Waals surface area contributed by atoms with E-state index in [9.17, 15) is 0 Å². The summed E-state index contributed by atoms with van der Waals surface area (Å²) in [5.41, 5.74) is 0.863. The summed E-state index contributed by atoms with van der Waals surface area (Å²) in [5.74, 6) is 6.34. The molecule has 0 nitrogen and oxygen atoms in total. The molecule has 0 bridgehead atoms. The van der Waals surface area contributed by atoms with Crippen LogP contribution < -0.4 is 0 Å². The Hall–Kier alpha value is -0.260. The maximum Gasteiger partial charge on any atom is -0.0200 e. The Balaban J connectivity index is 3.66. The Morgan fingerprint density at radius 3 is 2.06 bits per heavy atom. The summed E-state index contributed by atoms with van der Waals surface area (Å²) in [6.45, 7) is 32.0. The second-order valence-electron chi connectivity index (χ2n) is 13.6. The Morgan fingerprint density at radius 1 is 1.00 bits per heavy atom. The van der Waals surface area contributed by atoms with E-state index in [0.717, 1.165) is 41.4 Å². The van der Waals surface area contributed by atoms with Crippen LogP contribution in [0.2, 0.25) is 0 Å². The highest BCUT2D eigenvalue weighted by Crippen LogP contribution is 2.56. The maximum absolute atomic E-state index is 4.43. The predicted molar refractivity (Wildman–Crippen MR) is 152 cm³/mol. The lowest BCUT2D eigenvalue weighted by Crippen LogP contribution is -2.44. The molecule has 196 valence electrons. The Morgan fingerprint density at radius 2 is 1.61 bits per heavy atom. The van der Waals surface area contributed by atoms with Gasteiger partial charge in [-0.25, -0.2) is 0 Å². The Kier molecular flexibility index (Phi) is 12.8. The van der Waals surface area contributed by atoms with Gasteiger partial charge in [-0.05, 0) is 90.3 Å². The third kappa shape index (κ3) is 7.87. The van der Waals surface area contributed by atoms with Crippen LogP contribution in [0.1, 0.15) is 140 Å². The van der Waals surface area contributed by atoms with E-state index in [-0.39, 0.29) is 0 Å².